The zero-order valence-electron chi connectivity index (χ0n) is 6.77. The van der Waals surface area contributed by atoms with E-state index in [0.29, 0.717) is 0 Å². The highest BCUT2D eigenvalue weighted by atomic mass is 79.9. The zero-order valence-corrected chi connectivity index (χ0v) is 9.11. The van der Waals surface area contributed by atoms with E-state index in [1.54, 1.807) is 12.4 Å². The van der Waals surface area contributed by atoms with Gasteiger partial charge in [-0.1, -0.05) is 18.5 Å². The van der Waals surface area contributed by atoms with Crippen LogP contribution in [0.25, 0.3) is 0 Å². The smallest absolute Gasteiger partial charge is 0.0624 e. The van der Waals surface area contributed by atoms with Gasteiger partial charge >= 0.3 is 0 Å². The highest BCUT2D eigenvalue weighted by Crippen LogP contribution is 2.24. The fourth-order valence-corrected chi connectivity index (χ4v) is 1.38. The first kappa shape index (κ1) is 9.96. The molecule has 0 saturated carbocycles. The molecule has 12 heavy (non-hydrogen) atoms. The van der Waals surface area contributed by atoms with Crippen molar-refractivity contribution in [2.45, 2.75) is 13.5 Å². The molecular weight excluding hydrogens is 239 g/mol. The van der Waals surface area contributed by atoms with Crippen molar-refractivity contribution in [3.8, 4) is 0 Å². The molecular formula is C8H10BrClN2. The minimum atomic E-state index is 0.742. The molecule has 1 N–H and O–H groups in total. The number of aromatic nitrogens is 1. The van der Waals surface area contributed by atoms with E-state index in [2.05, 4.69) is 33.2 Å². The maximum Gasteiger partial charge on any atom is 0.0624 e. The van der Waals surface area contributed by atoms with Gasteiger partial charge in [0, 0.05) is 24.5 Å². The van der Waals surface area contributed by atoms with Crippen LogP contribution in [0.1, 0.15) is 12.5 Å². The Morgan fingerprint density at radius 2 is 2.33 bits per heavy atom. The first-order chi connectivity index (χ1) is 5.75. The molecule has 66 valence electrons. The Kier molecular flexibility index (Phi) is 3.98. The lowest BCUT2D eigenvalue weighted by molar-refractivity contribution is 0.724. The molecule has 0 spiro atoms. The summed E-state index contributed by atoms with van der Waals surface area (Å²) in [5, 5.41) is 3.93. The highest BCUT2D eigenvalue weighted by Gasteiger charge is 2.02. The quantitative estimate of drug-likeness (QED) is 0.891. The molecule has 0 fully saturated rings. The van der Waals surface area contributed by atoms with Gasteiger partial charge in [0.05, 0.1) is 9.50 Å². The minimum absolute atomic E-state index is 0.742. The third-order valence-electron chi connectivity index (χ3n) is 1.48. The van der Waals surface area contributed by atoms with E-state index in [9.17, 15) is 0 Å². The fourth-order valence-electron chi connectivity index (χ4n) is 0.842. The molecule has 0 bridgehead atoms. The molecule has 0 saturated heterocycles. The minimum Gasteiger partial charge on any atom is -0.313 e. The van der Waals surface area contributed by atoms with Gasteiger partial charge in [0.2, 0.25) is 0 Å². The fraction of sp³-hybridized carbons (Fsp3) is 0.375. The van der Waals surface area contributed by atoms with Crippen LogP contribution in [-0.4, -0.2) is 11.5 Å². The van der Waals surface area contributed by atoms with Crippen LogP contribution in [0.5, 0.6) is 0 Å². The third-order valence-corrected chi connectivity index (χ3v) is 2.75. The summed E-state index contributed by atoms with van der Waals surface area (Å²) >= 11 is 9.32. The van der Waals surface area contributed by atoms with Crippen LogP contribution < -0.4 is 5.32 Å². The average Bonchev–Trinajstić information content (AvgIpc) is 2.08. The van der Waals surface area contributed by atoms with E-state index >= 15 is 0 Å². The van der Waals surface area contributed by atoms with E-state index in [1.807, 2.05) is 0 Å². The Bertz CT molecular complexity index is 265. The number of hydrogen-bond donors (Lipinski definition) is 1. The summed E-state index contributed by atoms with van der Waals surface area (Å²) in [7, 11) is 0. The summed E-state index contributed by atoms with van der Waals surface area (Å²) < 4.78 is 0.847. The maximum atomic E-state index is 6.00. The van der Waals surface area contributed by atoms with Crippen molar-refractivity contribution in [3.05, 3.63) is 27.5 Å². The van der Waals surface area contributed by atoms with Crippen molar-refractivity contribution in [3.63, 3.8) is 0 Å². The average molecular weight is 250 g/mol. The van der Waals surface area contributed by atoms with Gasteiger partial charge in [0.25, 0.3) is 0 Å². The van der Waals surface area contributed by atoms with E-state index < -0.39 is 0 Å². The largest absolute Gasteiger partial charge is 0.313 e. The Morgan fingerprint density at radius 3 is 3.00 bits per heavy atom. The standard InChI is InChI=1S/C8H10BrClN2/c1-2-11-3-6-4-12-5-7(9)8(6)10/h4-5,11H,2-3H2,1H3. The summed E-state index contributed by atoms with van der Waals surface area (Å²) in [6, 6.07) is 0. The normalized spacial score (nSPS) is 10.2. The molecule has 0 amide bonds. The number of halogens is 2. The molecule has 1 aromatic heterocycles. The molecule has 2 nitrogen and oxygen atoms in total. The first-order valence-corrected chi connectivity index (χ1v) is 4.91. The van der Waals surface area contributed by atoms with Gasteiger partial charge in [-0.3, -0.25) is 4.98 Å². The Balaban J connectivity index is 2.78. The van der Waals surface area contributed by atoms with Crippen molar-refractivity contribution < 1.29 is 0 Å². The molecule has 0 aromatic carbocycles. The molecule has 4 heteroatoms. The Morgan fingerprint density at radius 1 is 1.58 bits per heavy atom. The molecule has 1 heterocycles. The van der Waals surface area contributed by atoms with Gasteiger partial charge in [0.1, 0.15) is 0 Å². The monoisotopic (exact) mass is 248 g/mol. The van der Waals surface area contributed by atoms with Crippen LogP contribution in [0, 0.1) is 0 Å². The van der Waals surface area contributed by atoms with Gasteiger partial charge in [0.15, 0.2) is 0 Å². The summed E-state index contributed by atoms with van der Waals surface area (Å²) in [6.45, 7) is 3.75. The summed E-state index contributed by atoms with van der Waals surface area (Å²) in [5.74, 6) is 0. The molecule has 0 unspecified atom stereocenters. The summed E-state index contributed by atoms with van der Waals surface area (Å²) in [6.07, 6.45) is 3.47. The maximum absolute atomic E-state index is 6.00. The van der Waals surface area contributed by atoms with Crippen LogP contribution in [0.2, 0.25) is 5.02 Å². The zero-order chi connectivity index (χ0) is 8.97. The van der Waals surface area contributed by atoms with Crippen molar-refractivity contribution >= 4 is 27.5 Å². The summed E-state index contributed by atoms with van der Waals surface area (Å²) in [4.78, 5) is 4.03. The SMILES string of the molecule is CCNCc1cncc(Br)c1Cl. The van der Waals surface area contributed by atoms with Gasteiger partial charge in [-0.25, -0.2) is 0 Å². The molecule has 1 aromatic rings. The van der Waals surface area contributed by atoms with Gasteiger partial charge in [-0.2, -0.15) is 0 Å². The van der Waals surface area contributed by atoms with Crippen LogP contribution >= 0.6 is 27.5 Å². The molecule has 0 atom stereocenters. The second-order valence-electron chi connectivity index (χ2n) is 2.37. The predicted molar refractivity (Wildman–Crippen MR) is 54.3 cm³/mol. The summed E-state index contributed by atoms with van der Waals surface area (Å²) in [5.41, 5.74) is 1.02. The van der Waals surface area contributed by atoms with Crippen LogP contribution in [-0.2, 0) is 6.54 Å². The van der Waals surface area contributed by atoms with Crippen LogP contribution in [0.15, 0.2) is 16.9 Å². The Hall–Kier alpha value is -0.120. The van der Waals surface area contributed by atoms with Crippen molar-refractivity contribution in [2.75, 3.05) is 6.54 Å². The van der Waals surface area contributed by atoms with Crippen molar-refractivity contribution in [2.24, 2.45) is 0 Å². The van der Waals surface area contributed by atoms with E-state index in [4.69, 9.17) is 11.6 Å². The first-order valence-electron chi connectivity index (χ1n) is 3.74. The molecule has 0 aliphatic carbocycles. The number of hydrogen-bond acceptors (Lipinski definition) is 2. The second kappa shape index (κ2) is 4.80. The van der Waals surface area contributed by atoms with E-state index in [1.165, 1.54) is 0 Å². The lowest BCUT2D eigenvalue weighted by Gasteiger charge is -2.04. The molecule has 0 radical (unpaired) electrons. The topological polar surface area (TPSA) is 24.9 Å². The number of rotatable bonds is 3. The van der Waals surface area contributed by atoms with E-state index in [-0.39, 0.29) is 0 Å². The lowest BCUT2D eigenvalue weighted by atomic mass is 10.3. The molecule has 0 aliphatic heterocycles. The van der Waals surface area contributed by atoms with Crippen molar-refractivity contribution in [1.29, 1.82) is 0 Å². The van der Waals surface area contributed by atoms with Crippen LogP contribution in [0.3, 0.4) is 0 Å². The van der Waals surface area contributed by atoms with Gasteiger partial charge in [-0.05, 0) is 22.5 Å². The number of nitrogens with zero attached hydrogens (tertiary/aromatic N) is 1. The predicted octanol–water partition coefficient (Wildman–Crippen LogP) is 2.61. The number of nitrogens with one attached hydrogen (secondary N) is 1. The highest BCUT2D eigenvalue weighted by molar-refractivity contribution is 9.10. The van der Waals surface area contributed by atoms with Crippen LogP contribution in [0.4, 0.5) is 0 Å². The van der Waals surface area contributed by atoms with Gasteiger partial charge in [-0.15, -0.1) is 0 Å². The third kappa shape index (κ3) is 2.44. The van der Waals surface area contributed by atoms with Gasteiger partial charge < -0.3 is 5.32 Å². The lowest BCUT2D eigenvalue weighted by Crippen LogP contribution is -2.12. The Labute approximate surface area is 85.5 Å². The number of pyridine rings is 1. The molecule has 1 rings (SSSR count). The van der Waals surface area contributed by atoms with E-state index in [0.717, 1.165) is 28.1 Å². The molecule has 0 aliphatic rings. The van der Waals surface area contributed by atoms with Crippen molar-refractivity contribution in [1.82, 2.24) is 10.3 Å². The second-order valence-corrected chi connectivity index (χ2v) is 3.61.